The van der Waals surface area contributed by atoms with Crippen molar-refractivity contribution >= 4 is 34.8 Å². The monoisotopic (exact) mass is 482 g/mol. The first kappa shape index (κ1) is 23.3. The van der Waals surface area contributed by atoms with E-state index in [1.54, 1.807) is 43.2 Å². The minimum absolute atomic E-state index is 0.284. The summed E-state index contributed by atoms with van der Waals surface area (Å²) in [4.78, 5) is 38.0. The van der Waals surface area contributed by atoms with Gasteiger partial charge < -0.3 is 19.7 Å². The zero-order valence-electron chi connectivity index (χ0n) is 20.3. The molecule has 0 bridgehead atoms. The lowest BCUT2D eigenvalue weighted by atomic mass is 9.97. The molecule has 2 amide bonds. The molecule has 1 N–H and O–H groups in total. The number of nitrogens with zero attached hydrogens (tertiary/aromatic N) is 3. The van der Waals surface area contributed by atoms with Gasteiger partial charge >= 0.3 is 0 Å². The van der Waals surface area contributed by atoms with Crippen molar-refractivity contribution in [1.29, 1.82) is 0 Å². The molecule has 3 aromatic carbocycles. The third-order valence-electron chi connectivity index (χ3n) is 6.32. The minimum atomic E-state index is -1.11. The molecule has 182 valence electrons. The summed E-state index contributed by atoms with van der Waals surface area (Å²) in [6.07, 6.45) is -0.417. The van der Waals surface area contributed by atoms with E-state index in [1.165, 1.54) is 7.11 Å². The predicted octanol–water partition coefficient (Wildman–Crippen LogP) is 3.89. The van der Waals surface area contributed by atoms with Gasteiger partial charge in [0.05, 0.1) is 36.9 Å². The Bertz CT molecular complexity index is 1400. The molecular weight excluding hydrogens is 456 g/mol. The summed E-state index contributed by atoms with van der Waals surface area (Å²) < 4.78 is 10.7. The number of hydrogen-bond donors (Lipinski definition) is 1. The molecule has 8 nitrogen and oxygen atoms in total. The van der Waals surface area contributed by atoms with Crippen LogP contribution in [-0.4, -0.2) is 50.4 Å². The standard InChI is InChI=1S/C28H26N4O4/c1-17(35-2)29-23-12-8-7-11-21(23)27(33)31-26-28(34)32-14-13-19-15-20(36-3)16-22(25(19)32)24(30-26)18-9-5-4-6-10-18/h4-12,15-16,26H,13-14H2,1-3H3,(H,31,33)/b29-17+. The number of ether oxygens (including phenoxy) is 2. The fraction of sp³-hybridized carbons (Fsp3) is 0.214. The van der Waals surface area contributed by atoms with Gasteiger partial charge in [0, 0.05) is 24.6 Å². The number of methoxy groups -OCH3 is 2. The van der Waals surface area contributed by atoms with Gasteiger partial charge in [0.2, 0.25) is 6.17 Å². The van der Waals surface area contributed by atoms with Crippen LogP contribution in [-0.2, 0) is 16.0 Å². The number of hydrogen-bond acceptors (Lipinski definition) is 6. The maximum atomic E-state index is 13.7. The third-order valence-corrected chi connectivity index (χ3v) is 6.32. The summed E-state index contributed by atoms with van der Waals surface area (Å²) in [6.45, 7) is 2.21. The first-order chi connectivity index (χ1) is 17.5. The molecule has 5 rings (SSSR count). The molecule has 1 unspecified atom stereocenters. The molecule has 2 heterocycles. The van der Waals surface area contributed by atoms with Crippen LogP contribution in [0.25, 0.3) is 0 Å². The van der Waals surface area contributed by atoms with Crippen LogP contribution < -0.4 is 15.0 Å². The topological polar surface area (TPSA) is 92.6 Å². The van der Waals surface area contributed by atoms with Gasteiger partial charge in [-0.1, -0.05) is 42.5 Å². The van der Waals surface area contributed by atoms with Gasteiger partial charge in [-0.15, -0.1) is 0 Å². The van der Waals surface area contributed by atoms with Crippen LogP contribution in [0.15, 0.2) is 76.7 Å². The fourth-order valence-corrected chi connectivity index (χ4v) is 4.54. The lowest BCUT2D eigenvalue weighted by molar-refractivity contribution is -0.120. The van der Waals surface area contributed by atoms with Gasteiger partial charge in [-0.05, 0) is 36.2 Å². The van der Waals surface area contributed by atoms with E-state index in [2.05, 4.69) is 10.3 Å². The summed E-state index contributed by atoms with van der Waals surface area (Å²) >= 11 is 0. The highest BCUT2D eigenvalue weighted by Gasteiger charge is 2.38. The fourth-order valence-electron chi connectivity index (χ4n) is 4.54. The number of benzene rings is 3. The molecule has 3 aromatic rings. The van der Waals surface area contributed by atoms with Gasteiger partial charge in [0.1, 0.15) is 5.75 Å². The molecule has 2 aliphatic rings. The Morgan fingerprint density at radius 3 is 2.58 bits per heavy atom. The molecule has 2 aliphatic heterocycles. The van der Waals surface area contributed by atoms with Crippen LogP contribution in [0.5, 0.6) is 5.75 Å². The first-order valence-electron chi connectivity index (χ1n) is 11.6. The SMILES string of the molecule is CO/C(C)=N/c1ccccc1C(=O)NC1N=C(c2ccccc2)c2cc(OC)cc3c2N(CC3)C1=O. The molecule has 0 fully saturated rings. The molecule has 0 radical (unpaired) electrons. The van der Waals surface area contributed by atoms with Gasteiger partial charge in [-0.3, -0.25) is 9.59 Å². The average molecular weight is 483 g/mol. The van der Waals surface area contributed by atoms with Gasteiger partial charge in [0.15, 0.2) is 5.90 Å². The predicted molar refractivity (Wildman–Crippen MR) is 139 cm³/mol. The van der Waals surface area contributed by atoms with E-state index in [1.807, 2.05) is 42.5 Å². The Balaban J connectivity index is 1.60. The quantitative estimate of drug-likeness (QED) is 0.441. The Kier molecular flexibility index (Phi) is 6.25. The molecule has 0 spiro atoms. The van der Waals surface area contributed by atoms with Crippen LogP contribution in [0, 0.1) is 0 Å². The number of carbonyl (C=O) groups is 2. The van der Waals surface area contributed by atoms with Gasteiger partial charge in [-0.25, -0.2) is 9.98 Å². The second-order valence-electron chi connectivity index (χ2n) is 8.49. The number of rotatable bonds is 5. The Hall–Kier alpha value is -4.46. The number of amides is 2. The van der Waals surface area contributed by atoms with Crippen molar-refractivity contribution in [3.63, 3.8) is 0 Å². The molecule has 0 saturated heterocycles. The molecular formula is C28H26N4O4. The third kappa shape index (κ3) is 4.22. The highest BCUT2D eigenvalue weighted by molar-refractivity contribution is 6.21. The highest BCUT2D eigenvalue weighted by atomic mass is 16.5. The molecule has 36 heavy (non-hydrogen) atoms. The number of nitrogens with one attached hydrogen (secondary N) is 1. The largest absolute Gasteiger partial charge is 0.497 e. The normalized spacial score (nSPS) is 16.7. The Morgan fingerprint density at radius 2 is 1.83 bits per heavy atom. The van der Waals surface area contributed by atoms with Crippen LogP contribution in [0.1, 0.15) is 34.0 Å². The van der Waals surface area contributed by atoms with Gasteiger partial charge in [-0.2, -0.15) is 0 Å². The first-order valence-corrected chi connectivity index (χ1v) is 11.6. The van der Waals surface area contributed by atoms with Crippen molar-refractivity contribution in [2.24, 2.45) is 9.98 Å². The number of para-hydroxylation sites is 1. The van der Waals surface area contributed by atoms with Crippen LogP contribution in [0.4, 0.5) is 11.4 Å². The summed E-state index contributed by atoms with van der Waals surface area (Å²) in [5, 5.41) is 2.85. The molecule has 0 aliphatic carbocycles. The van der Waals surface area contributed by atoms with Crippen molar-refractivity contribution in [3.8, 4) is 5.75 Å². The van der Waals surface area contributed by atoms with E-state index in [0.717, 1.165) is 22.4 Å². The highest BCUT2D eigenvalue weighted by Crippen LogP contribution is 2.39. The minimum Gasteiger partial charge on any atom is -0.497 e. The second kappa shape index (κ2) is 9.65. The summed E-state index contributed by atoms with van der Waals surface area (Å²) in [6, 6.07) is 20.4. The van der Waals surface area contributed by atoms with Crippen LogP contribution in [0.2, 0.25) is 0 Å². The second-order valence-corrected chi connectivity index (χ2v) is 8.49. The zero-order valence-corrected chi connectivity index (χ0v) is 20.3. The van der Waals surface area contributed by atoms with E-state index in [4.69, 9.17) is 14.5 Å². The van der Waals surface area contributed by atoms with Gasteiger partial charge in [0.25, 0.3) is 11.8 Å². The smallest absolute Gasteiger partial charge is 0.272 e. The Morgan fingerprint density at radius 1 is 1.08 bits per heavy atom. The lowest BCUT2D eigenvalue weighted by Gasteiger charge is -2.21. The van der Waals surface area contributed by atoms with E-state index >= 15 is 0 Å². The van der Waals surface area contributed by atoms with Crippen molar-refractivity contribution in [3.05, 3.63) is 89.0 Å². The molecule has 0 saturated carbocycles. The zero-order chi connectivity index (χ0) is 25.2. The maximum Gasteiger partial charge on any atom is 0.272 e. The summed E-state index contributed by atoms with van der Waals surface area (Å²) in [7, 11) is 3.14. The van der Waals surface area contributed by atoms with E-state index in [0.29, 0.717) is 41.6 Å². The number of anilines is 1. The number of carbonyl (C=O) groups excluding carboxylic acids is 2. The van der Waals surface area contributed by atoms with Crippen LogP contribution >= 0.6 is 0 Å². The Labute approximate surface area is 209 Å². The van der Waals surface area contributed by atoms with E-state index in [9.17, 15) is 9.59 Å². The summed E-state index contributed by atoms with van der Waals surface area (Å²) in [5.74, 6) is 0.382. The average Bonchev–Trinajstić information content (AvgIpc) is 3.30. The van der Waals surface area contributed by atoms with Crippen LogP contribution in [0.3, 0.4) is 0 Å². The maximum absolute atomic E-state index is 13.7. The molecule has 1 atom stereocenters. The van der Waals surface area contributed by atoms with E-state index in [-0.39, 0.29) is 5.91 Å². The van der Waals surface area contributed by atoms with Crippen molar-refractivity contribution in [2.75, 3.05) is 25.7 Å². The van der Waals surface area contributed by atoms with E-state index < -0.39 is 12.1 Å². The lowest BCUT2D eigenvalue weighted by Crippen LogP contribution is -2.47. The summed E-state index contributed by atoms with van der Waals surface area (Å²) in [5.41, 5.74) is 4.87. The van der Waals surface area contributed by atoms with Crippen molar-refractivity contribution in [2.45, 2.75) is 19.5 Å². The molecule has 8 heteroatoms. The van der Waals surface area contributed by atoms with Crippen molar-refractivity contribution in [1.82, 2.24) is 5.32 Å². The van der Waals surface area contributed by atoms with Crippen molar-refractivity contribution < 1.29 is 19.1 Å². The molecule has 0 aromatic heterocycles. The number of aliphatic imine (C=N–C) groups is 2.